The van der Waals surface area contributed by atoms with Crippen molar-refractivity contribution in [1.29, 1.82) is 0 Å². The van der Waals surface area contributed by atoms with Gasteiger partial charge in [0.05, 0.1) is 17.2 Å². The lowest BCUT2D eigenvalue weighted by atomic mass is 10.1. The van der Waals surface area contributed by atoms with Crippen LogP contribution in [0.4, 0.5) is 5.69 Å². The smallest absolute Gasteiger partial charge is 0.270 e. The van der Waals surface area contributed by atoms with Gasteiger partial charge in [0.1, 0.15) is 5.75 Å². The Morgan fingerprint density at radius 2 is 1.64 bits per heavy atom. The average molecular weight is 466 g/mol. The molecule has 0 bridgehead atoms. The first kappa shape index (κ1) is 24.5. The maximum absolute atomic E-state index is 13.4. The van der Waals surface area contributed by atoms with E-state index in [9.17, 15) is 13.2 Å². The molecule has 0 aliphatic rings. The minimum Gasteiger partial charge on any atom is -0.494 e. The third-order valence-corrected chi connectivity index (χ3v) is 7.05. The fourth-order valence-electron chi connectivity index (χ4n) is 3.51. The van der Waals surface area contributed by atoms with Gasteiger partial charge in [0.25, 0.3) is 10.0 Å². The highest BCUT2D eigenvalue weighted by molar-refractivity contribution is 7.93. The lowest BCUT2D eigenvalue weighted by Gasteiger charge is -2.23. The van der Waals surface area contributed by atoms with Crippen LogP contribution in [0.5, 0.6) is 5.75 Å². The fraction of sp³-hybridized carbons (Fsp3) is 0.296. The summed E-state index contributed by atoms with van der Waals surface area (Å²) in [7, 11) is -4.04. The zero-order valence-corrected chi connectivity index (χ0v) is 20.1. The van der Waals surface area contributed by atoms with Crippen LogP contribution in [0.2, 0.25) is 0 Å². The number of sulfonamides is 1. The van der Waals surface area contributed by atoms with Crippen LogP contribution in [0.15, 0.2) is 83.8 Å². The number of carbonyl (C=O) groups excluding carboxylic acids is 1. The molecule has 6 heteroatoms. The Hall–Kier alpha value is -3.12. The summed E-state index contributed by atoms with van der Waals surface area (Å²) < 4.78 is 33.4. The van der Waals surface area contributed by atoms with Crippen LogP contribution in [0, 0.1) is 6.92 Å². The second-order valence-electron chi connectivity index (χ2n) is 8.01. The highest BCUT2D eigenvalue weighted by Gasteiger charge is 2.30. The third kappa shape index (κ3) is 6.68. The molecule has 3 aromatic rings. The molecule has 0 radical (unpaired) electrons. The van der Waals surface area contributed by atoms with Crippen molar-refractivity contribution < 1.29 is 17.9 Å². The maximum Gasteiger partial charge on any atom is 0.270 e. The largest absolute Gasteiger partial charge is 0.494 e. The van der Waals surface area contributed by atoms with E-state index in [0.29, 0.717) is 18.7 Å². The van der Waals surface area contributed by atoms with E-state index in [0.717, 1.165) is 40.4 Å². The maximum atomic E-state index is 13.4. The molecular weight excluding hydrogens is 434 g/mol. The van der Waals surface area contributed by atoms with Gasteiger partial charge in [0.15, 0.2) is 0 Å². The van der Waals surface area contributed by atoms with Crippen molar-refractivity contribution in [2.45, 2.75) is 50.8 Å². The molecule has 0 aromatic heterocycles. The molecule has 0 atom stereocenters. The van der Waals surface area contributed by atoms with E-state index in [1.165, 1.54) is 12.1 Å². The van der Waals surface area contributed by atoms with Crippen molar-refractivity contribution in [3.63, 3.8) is 0 Å². The van der Waals surface area contributed by atoms with Crippen molar-refractivity contribution in [2.75, 3.05) is 10.9 Å². The van der Waals surface area contributed by atoms with Gasteiger partial charge in [-0.3, -0.25) is 4.79 Å². The highest BCUT2D eigenvalue weighted by atomic mass is 32.2. The van der Waals surface area contributed by atoms with Crippen molar-refractivity contribution in [2.24, 2.45) is 0 Å². The number of amides is 1. The summed E-state index contributed by atoms with van der Waals surface area (Å²) in [6.45, 7) is 4.44. The topological polar surface area (TPSA) is 63.7 Å². The van der Waals surface area contributed by atoms with Crippen molar-refractivity contribution in [3.05, 3.63) is 90.0 Å². The number of hydrogen-bond donors (Lipinski definition) is 0. The van der Waals surface area contributed by atoms with E-state index in [2.05, 4.69) is 6.92 Å². The highest BCUT2D eigenvalue weighted by Crippen LogP contribution is 2.26. The van der Waals surface area contributed by atoms with Crippen LogP contribution in [-0.2, 0) is 21.2 Å². The quantitative estimate of drug-likeness (QED) is 0.330. The minimum absolute atomic E-state index is 0.0511. The molecule has 0 saturated carbocycles. The van der Waals surface area contributed by atoms with Crippen LogP contribution in [0.1, 0.15) is 43.7 Å². The van der Waals surface area contributed by atoms with Crippen LogP contribution < -0.4 is 9.04 Å². The first-order chi connectivity index (χ1) is 15.9. The molecule has 1 amide bonds. The van der Waals surface area contributed by atoms with Gasteiger partial charge in [-0.15, -0.1) is 0 Å². The van der Waals surface area contributed by atoms with E-state index >= 15 is 0 Å². The molecule has 0 saturated heterocycles. The number of aryl methyl sites for hydroxylation is 2. The minimum atomic E-state index is -4.04. The van der Waals surface area contributed by atoms with Gasteiger partial charge in [-0.05, 0) is 73.7 Å². The predicted molar refractivity (Wildman–Crippen MR) is 132 cm³/mol. The van der Waals surface area contributed by atoms with Gasteiger partial charge in [-0.2, -0.15) is 0 Å². The van der Waals surface area contributed by atoms with E-state index in [1.54, 1.807) is 30.3 Å². The van der Waals surface area contributed by atoms with Crippen LogP contribution >= 0.6 is 0 Å². The number of benzene rings is 3. The van der Waals surface area contributed by atoms with E-state index in [4.69, 9.17) is 4.74 Å². The van der Waals surface area contributed by atoms with Crippen LogP contribution in [0.25, 0.3) is 0 Å². The molecule has 0 heterocycles. The fourth-order valence-corrected chi connectivity index (χ4v) is 4.98. The Balaban J connectivity index is 1.77. The Morgan fingerprint density at radius 3 is 2.30 bits per heavy atom. The molecule has 33 heavy (non-hydrogen) atoms. The van der Waals surface area contributed by atoms with Crippen molar-refractivity contribution >= 4 is 21.6 Å². The number of hydrogen-bond acceptors (Lipinski definition) is 4. The summed E-state index contributed by atoms with van der Waals surface area (Å²) in [4.78, 5) is 13.3. The Labute approximate surface area is 197 Å². The van der Waals surface area contributed by atoms with E-state index in [-0.39, 0.29) is 11.3 Å². The van der Waals surface area contributed by atoms with Gasteiger partial charge in [0, 0.05) is 6.42 Å². The normalized spacial score (nSPS) is 11.2. The molecule has 0 spiro atoms. The molecule has 0 aliphatic carbocycles. The number of rotatable bonds is 11. The molecule has 0 unspecified atom stereocenters. The summed E-state index contributed by atoms with van der Waals surface area (Å²) in [6.07, 6.45) is 3.52. The third-order valence-electron chi connectivity index (χ3n) is 5.29. The average Bonchev–Trinajstić information content (AvgIpc) is 2.82. The lowest BCUT2D eigenvalue weighted by Crippen LogP contribution is -2.37. The zero-order valence-electron chi connectivity index (χ0n) is 19.2. The molecule has 3 aromatic carbocycles. The first-order valence-electron chi connectivity index (χ1n) is 11.3. The monoisotopic (exact) mass is 465 g/mol. The Morgan fingerprint density at radius 1 is 0.909 bits per heavy atom. The molecule has 5 nitrogen and oxygen atoms in total. The SMILES string of the molecule is CCCCc1ccc(N(C(=O)CCCOc2cccc(C)c2)S(=O)(=O)c2ccccc2)cc1. The van der Waals surface area contributed by atoms with E-state index < -0.39 is 15.9 Å². The summed E-state index contributed by atoms with van der Waals surface area (Å²) in [5, 5.41) is 0. The van der Waals surface area contributed by atoms with E-state index in [1.807, 2.05) is 43.3 Å². The number of anilines is 1. The summed E-state index contributed by atoms with van der Waals surface area (Å²) in [5.41, 5.74) is 2.56. The summed E-state index contributed by atoms with van der Waals surface area (Å²) >= 11 is 0. The zero-order chi connectivity index (χ0) is 23.7. The second-order valence-corrected chi connectivity index (χ2v) is 9.80. The lowest BCUT2D eigenvalue weighted by molar-refractivity contribution is -0.117. The van der Waals surface area contributed by atoms with Gasteiger partial charge >= 0.3 is 0 Å². The molecule has 174 valence electrons. The second kappa shape index (κ2) is 11.7. The van der Waals surface area contributed by atoms with Crippen molar-refractivity contribution in [3.8, 4) is 5.75 Å². The predicted octanol–water partition coefficient (Wildman–Crippen LogP) is 5.92. The van der Waals surface area contributed by atoms with Crippen molar-refractivity contribution in [1.82, 2.24) is 0 Å². The van der Waals surface area contributed by atoms with Gasteiger partial charge in [-0.1, -0.05) is 55.8 Å². The standard InChI is InChI=1S/C27H31NO4S/c1-3-4-11-23-16-18-24(19-17-23)28(33(30,31)26-13-6-5-7-14-26)27(29)15-9-20-32-25-12-8-10-22(2)21-25/h5-8,10,12-14,16-19,21H,3-4,9,11,15,20H2,1-2H3. The molecule has 0 aliphatic heterocycles. The van der Waals surface area contributed by atoms with Gasteiger partial charge in [0.2, 0.25) is 5.91 Å². The number of carbonyl (C=O) groups is 1. The van der Waals surface area contributed by atoms with Crippen LogP contribution in [0.3, 0.4) is 0 Å². The summed E-state index contributed by atoms with van der Waals surface area (Å²) in [5.74, 6) is 0.256. The molecule has 3 rings (SSSR count). The number of nitrogens with zero attached hydrogens (tertiary/aromatic N) is 1. The number of unbranched alkanes of at least 4 members (excludes halogenated alkanes) is 1. The Bertz CT molecular complexity index is 1140. The molecular formula is C27H31NO4S. The number of ether oxygens (including phenoxy) is 1. The van der Waals surface area contributed by atoms with Gasteiger partial charge < -0.3 is 4.74 Å². The molecule has 0 fully saturated rings. The Kier molecular flexibility index (Phi) is 8.66. The van der Waals surface area contributed by atoms with Gasteiger partial charge in [-0.25, -0.2) is 12.7 Å². The molecule has 0 N–H and O–H groups in total. The first-order valence-corrected chi connectivity index (χ1v) is 12.8. The summed E-state index contributed by atoms with van der Waals surface area (Å²) in [6, 6.07) is 23.0. The van der Waals surface area contributed by atoms with Crippen LogP contribution in [-0.4, -0.2) is 20.9 Å².